The lowest BCUT2D eigenvalue weighted by Crippen LogP contribution is -2.13. The standard InChI is InChI=1S/C17H18F3N3O/c1-2-3-10-21-15-9-4-12(11-22-15)16(24)23-14-7-5-13(6-8-14)17(18,19)20/h4-9,11H,2-3,10H2,1H3,(H,21,22)(H,23,24). The summed E-state index contributed by atoms with van der Waals surface area (Å²) in [6.07, 6.45) is -0.876. The predicted molar refractivity (Wildman–Crippen MR) is 87.0 cm³/mol. The molecule has 1 aromatic heterocycles. The zero-order valence-electron chi connectivity index (χ0n) is 13.2. The van der Waals surface area contributed by atoms with Gasteiger partial charge in [0, 0.05) is 18.4 Å². The summed E-state index contributed by atoms with van der Waals surface area (Å²) in [6, 6.07) is 7.59. The van der Waals surface area contributed by atoms with Gasteiger partial charge >= 0.3 is 6.18 Å². The van der Waals surface area contributed by atoms with E-state index in [4.69, 9.17) is 0 Å². The number of rotatable bonds is 6. The van der Waals surface area contributed by atoms with Crippen LogP contribution in [0.2, 0.25) is 0 Å². The van der Waals surface area contributed by atoms with Gasteiger partial charge in [-0.2, -0.15) is 13.2 Å². The van der Waals surface area contributed by atoms with Crippen LogP contribution in [0.1, 0.15) is 35.7 Å². The van der Waals surface area contributed by atoms with Crippen LogP contribution in [0.25, 0.3) is 0 Å². The number of pyridine rings is 1. The Bertz CT molecular complexity index is 667. The first-order valence-corrected chi connectivity index (χ1v) is 7.58. The Morgan fingerprint density at radius 1 is 1.12 bits per heavy atom. The summed E-state index contributed by atoms with van der Waals surface area (Å²) >= 11 is 0. The second-order valence-corrected chi connectivity index (χ2v) is 5.24. The molecular formula is C17H18F3N3O. The molecule has 1 amide bonds. The number of hydrogen-bond donors (Lipinski definition) is 2. The highest BCUT2D eigenvalue weighted by Crippen LogP contribution is 2.29. The number of alkyl halides is 3. The van der Waals surface area contributed by atoms with Gasteiger partial charge in [0.05, 0.1) is 11.1 Å². The van der Waals surface area contributed by atoms with Gasteiger partial charge in [-0.3, -0.25) is 4.79 Å². The highest BCUT2D eigenvalue weighted by Gasteiger charge is 2.29. The molecule has 2 rings (SSSR count). The molecule has 0 aliphatic heterocycles. The Morgan fingerprint density at radius 3 is 2.38 bits per heavy atom. The summed E-state index contributed by atoms with van der Waals surface area (Å²) in [5.41, 5.74) is -0.140. The number of nitrogens with zero attached hydrogens (tertiary/aromatic N) is 1. The van der Waals surface area contributed by atoms with Crippen LogP contribution in [0.4, 0.5) is 24.7 Å². The molecule has 0 bridgehead atoms. The van der Waals surface area contributed by atoms with Gasteiger partial charge in [0.2, 0.25) is 0 Å². The maximum Gasteiger partial charge on any atom is 0.416 e. The van der Waals surface area contributed by atoms with Gasteiger partial charge in [0.1, 0.15) is 5.82 Å². The molecule has 0 saturated heterocycles. The number of carbonyl (C=O) groups is 1. The van der Waals surface area contributed by atoms with E-state index in [-0.39, 0.29) is 5.69 Å². The molecule has 128 valence electrons. The predicted octanol–water partition coefficient (Wildman–Crippen LogP) is 4.56. The minimum Gasteiger partial charge on any atom is -0.370 e. The number of halogens is 3. The SMILES string of the molecule is CCCCNc1ccc(C(=O)Nc2ccc(C(F)(F)F)cc2)cn1. The fraction of sp³-hybridized carbons (Fsp3) is 0.294. The van der Waals surface area contributed by atoms with E-state index in [9.17, 15) is 18.0 Å². The lowest BCUT2D eigenvalue weighted by atomic mass is 10.2. The van der Waals surface area contributed by atoms with Gasteiger partial charge < -0.3 is 10.6 Å². The first-order valence-electron chi connectivity index (χ1n) is 7.58. The van der Waals surface area contributed by atoms with Crippen molar-refractivity contribution in [2.45, 2.75) is 25.9 Å². The third-order valence-electron chi connectivity index (χ3n) is 3.33. The normalized spacial score (nSPS) is 11.2. The quantitative estimate of drug-likeness (QED) is 0.760. The summed E-state index contributed by atoms with van der Waals surface area (Å²) in [4.78, 5) is 16.2. The molecule has 0 fully saturated rings. The van der Waals surface area contributed by atoms with Crippen molar-refractivity contribution in [3.05, 3.63) is 53.7 Å². The number of anilines is 2. The van der Waals surface area contributed by atoms with Crippen molar-refractivity contribution < 1.29 is 18.0 Å². The molecule has 4 nitrogen and oxygen atoms in total. The van der Waals surface area contributed by atoms with Crippen LogP contribution >= 0.6 is 0 Å². The molecule has 0 atom stereocenters. The molecule has 24 heavy (non-hydrogen) atoms. The number of benzene rings is 1. The van der Waals surface area contributed by atoms with Gasteiger partial charge in [-0.05, 0) is 42.8 Å². The van der Waals surface area contributed by atoms with Crippen molar-refractivity contribution in [1.29, 1.82) is 0 Å². The van der Waals surface area contributed by atoms with Gasteiger partial charge in [-0.25, -0.2) is 4.98 Å². The van der Waals surface area contributed by atoms with Crippen LogP contribution in [-0.4, -0.2) is 17.4 Å². The van der Waals surface area contributed by atoms with Crippen molar-refractivity contribution in [2.24, 2.45) is 0 Å². The van der Waals surface area contributed by atoms with Crippen molar-refractivity contribution in [2.75, 3.05) is 17.2 Å². The molecule has 0 radical (unpaired) electrons. The number of amides is 1. The fourth-order valence-electron chi connectivity index (χ4n) is 1.97. The lowest BCUT2D eigenvalue weighted by molar-refractivity contribution is -0.137. The van der Waals surface area contributed by atoms with Crippen molar-refractivity contribution in [3.63, 3.8) is 0 Å². The minimum absolute atomic E-state index is 0.290. The Hall–Kier alpha value is -2.57. The van der Waals surface area contributed by atoms with Crippen molar-refractivity contribution in [1.82, 2.24) is 4.98 Å². The third kappa shape index (κ3) is 4.97. The van der Waals surface area contributed by atoms with Crippen LogP contribution in [0, 0.1) is 0 Å². The number of nitrogens with one attached hydrogen (secondary N) is 2. The summed E-state index contributed by atoms with van der Waals surface area (Å²) in [5, 5.41) is 5.67. The highest BCUT2D eigenvalue weighted by molar-refractivity contribution is 6.04. The topological polar surface area (TPSA) is 54.0 Å². The van der Waals surface area contributed by atoms with Crippen molar-refractivity contribution in [3.8, 4) is 0 Å². The summed E-state index contributed by atoms with van der Waals surface area (Å²) < 4.78 is 37.5. The second-order valence-electron chi connectivity index (χ2n) is 5.24. The van der Waals surface area contributed by atoms with Crippen molar-refractivity contribution >= 4 is 17.4 Å². The smallest absolute Gasteiger partial charge is 0.370 e. The van der Waals surface area contributed by atoms with E-state index < -0.39 is 17.6 Å². The second kappa shape index (κ2) is 7.81. The Kier molecular flexibility index (Phi) is 5.78. The third-order valence-corrected chi connectivity index (χ3v) is 3.33. The molecule has 0 saturated carbocycles. The molecule has 0 spiro atoms. The van der Waals surface area contributed by atoms with E-state index in [1.165, 1.54) is 18.3 Å². The number of hydrogen-bond acceptors (Lipinski definition) is 3. The van der Waals surface area contributed by atoms with Gasteiger partial charge in [0.15, 0.2) is 0 Å². The molecular weight excluding hydrogens is 319 g/mol. The van der Waals surface area contributed by atoms with E-state index in [1.54, 1.807) is 12.1 Å². The number of aromatic nitrogens is 1. The summed E-state index contributed by atoms with van der Waals surface area (Å²) in [7, 11) is 0. The van der Waals surface area contributed by atoms with Gasteiger partial charge in [-0.15, -0.1) is 0 Å². The van der Waals surface area contributed by atoms with E-state index in [0.717, 1.165) is 31.5 Å². The first-order chi connectivity index (χ1) is 11.4. The Morgan fingerprint density at radius 2 is 1.83 bits per heavy atom. The molecule has 0 unspecified atom stereocenters. The Labute approximate surface area is 138 Å². The largest absolute Gasteiger partial charge is 0.416 e. The van der Waals surface area contributed by atoms with E-state index >= 15 is 0 Å². The molecule has 0 aliphatic rings. The molecule has 1 heterocycles. The van der Waals surface area contributed by atoms with Gasteiger partial charge in [0.25, 0.3) is 5.91 Å². The zero-order valence-corrected chi connectivity index (χ0v) is 13.2. The van der Waals surface area contributed by atoms with E-state index in [2.05, 4.69) is 22.5 Å². The van der Waals surface area contributed by atoms with Crippen LogP contribution in [-0.2, 0) is 6.18 Å². The van der Waals surface area contributed by atoms with Crippen LogP contribution in [0.3, 0.4) is 0 Å². The lowest BCUT2D eigenvalue weighted by Gasteiger charge is -2.09. The summed E-state index contributed by atoms with van der Waals surface area (Å²) in [6.45, 7) is 2.89. The number of unbranched alkanes of at least 4 members (excludes halogenated alkanes) is 1. The molecule has 1 aromatic carbocycles. The van der Waals surface area contributed by atoms with E-state index in [1.807, 2.05) is 0 Å². The molecule has 2 N–H and O–H groups in total. The monoisotopic (exact) mass is 337 g/mol. The number of carbonyl (C=O) groups excluding carboxylic acids is 1. The molecule has 7 heteroatoms. The average Bonchev–Trinajstić information content (AvgIpc) is 2.55. The molecule has 2 aromatic rings. The fourth-order valence-corrected chi connectivity index (χ4v) is 1.97. The Balaban J connectivity index is 1.96. The molecule has 0 aliphatic carbocycles. The first kappa shape index (κ1) is 17.8. The van der Waals surface area contributed by atoms with Crippen LogP contribution in [0.5, 0.6) is 0 Å². The average molecular weight is 337 g/mol. The van der Waals surface area contributed by atoms with E-state index in [0.29, 0.717) is 11.4 Å². The maximum atomic E-state index is 12.5. The van der Waals surface area contributed by atoms with Crippen LogP contribution in [0.15, 0.2) is 42.6 Å². The summed E-state index contributed by atoms with van der Waals surface area (Å²) in [5.74, 6) is 0.247. The zero-order chi connectivity index (χ0) is 17.6. The van der Waals surface area contributed by atoms with Crippen LogP contribution < -0.4 is 10.6 Å². The minimum atomic E-state index is -4.40. The highest BCUT2D eigenvalue weighted by atomic mass is 19.4. The maximum absolute atomic E-state index is 12.5. The van der Waals surface area contributed by atoms with Gasteiger partial charge in [-0.1, -0.05) is 13.3 Å².